The molecular formula is C32H40Cl2N2O4. The van der Waals surface area contributed by atoms with E-state index >= 15 is 0 Å². The number of esters is 1. The first-order chi connectivity index (χ1) is 19.0. The first-order valence-electron chi connectivity index (χ1n) is 13.7. The van der Waals surface area contributed by atoms with Gasteiger partial charge in [0.25, 0.3) is 5.56 Å². The number of rotatable bonds is 8. The zero-order valence-electron chi connectivity index (χ0n) is 23.8. The molecule has 216 valence electrons. The van der Waals surface area contributed by atoms with E-state index in [4.69, 9.17) is 33.0 Å². The van der Waals surface area contributed by atoms with Gasteiger partial charge in [-0.05, 0) is 76.4 Å². The summed E-state index contributed by atoms with van der Waals surface area (Å²) in [4.78, 5) is 27.3. The van der Waals surface area contributed by atoms with Gasteiger partial charge in [-0.3, -0.25) is 9.69 Å². The number of aliphatic hydroxyl groups is 1. The van der Waals surface area contributed by atoms with E-state index in [2.05, 4.69) is 11.9 Å². The number of aromatic nitrogens is 1. The number of benzene rings is 2. The van der Waals surface area contributed by atoms with Gasteiger partial charge < -0.3 is 14.4 Å². The van der Waals surface area contributed by atoms with Crippen LogP contribution in [0, 0.1) is 0 Å². The molecule has 0 unspecified atom stereocenters. The number of pyridine rings is 1. The minimum Gasteiger partial charge on any atom is -0.456 e. The van der Waals surface area contributed by atoms with Gasteiger partial charge in [-0.25, -0.2) is 4.79 Å². The minimum atomic E-state index is -0.537. The van der Waals surface area contributed by atoms with Crippen LogP contribution in [-0.4, -0.2) is 39.2 Å². The third-order valence-corrected chi connectivity index (χ3v) is 7.49. The summed E-state index contributed by atoms with van der Waals surface area (Å²) < 4.78 is 7.10. The molecule has 1 fully saturated rings. The van der Waals surface area contributed by atoms with Crippen LogP contribution in [-0.2, 0) is 30.9 Å². The highest BCUT2D eigenvalue weighted by Crippen LogP contribution is 2.26. The molecule has 0 amide bonds. The molecule has 1 aromatic heterocycles. The highest BCUT2D eigenvalue weighted by molar-refractivity contribution is 6.34. The number of aliphatic hydroxyl groups excluding tert-OH is 1. The lowest BCUT2D eigenvalue weighted by Gasteiger charge is -2.26. The van der Waals surface area contributed by atoms with Crippen molar-refractivity contribution in [2.45, 2.75) is 84.2 Å². The van der Waals surface area contributed by atoms with Gasteiger partial charge in [-0.15, -0.1) is 0 Å². The van der Waals surface area contributed by atoms with Crippen molar-refractivity contribution in [3.63, 3.8) is 0 Å². The molecule has 1 heterocycles. The van der Waals surface area contributed by atoms with Crippen LogP contribution in [0.4, 0.5) is 0 Å². The maximum Gasteiger partial charge on any atom is 0.338 e. The standard InChI is InChI=1S/C25H32Cl2N2O3.C7H8O/c1-25(2,3)32-24(31)18-11-9-17(10-12-18)13-14-29-22(20(26)15-21(27)23(29)30)16-28(4)19-7-5-6-8-19;8-6-7-4-2-1-3-5-7/h9-12,15,19H,5-8,13-14,16H2,1-4H3;1-5,8H,6H2. The van der Waals surface area contributed by atoms with E-state index < -0.39 is 5.60 Å². The second kappa shape index (κ2) is 14.8. The molecule has 4 rings (SSSR count). The first-order valence-corrected chi connectivity index (χ1v) is 14.5. The molecule has 0 atom stereocenters. The van der Waals surface area contributed by atoms with Gasteiger partial charge in [0.05, 0.1) is 22.9 Å². The lowest BCUT2D eigenvalue weighted by atomic mass is 10.1. The topological polar surface area (TPSA) is 71.8 Å². The Morgan fingerprint density at radius 3 is 2.17 bits per heavy atom. The summed E-state index contributed by atoms with van der Waals surface area (Å²) in [5.74, 6) is -0.348. The van der Waals surface area contributed by atoms with Crippen LogP contribution < -0.4 is 5.56 Å². The number of aryl methyl sites for hydroxylation is 1. The van der Waals surface area contributed by atoms with E-state index in [9.17, 15) is 9.59 Å². The molecule has 1 aliphatic carbocycles. The summed E-state index contributed by atoms with van der Waals surface area (Å²) in [6.07, 6.45) is 5.46. The number of nitrogens with zero attached hydrogens (tertiary/aromatic N) is 2. The molecule has 0 bridgehead atoms. The lowest BCUT2D eigenvalue weighted by molar-refractivity contribution is 0.00695. The Hall–Kier alpha value is -2.64. The van der Waals surface area contributed by atoms with E-state index in [1.54, 1.807) is 22.8 Å². The Morgan fingerprint density at radius 2 is 1.62 bits per heavy atom. The summed E-state index contributed by atoms with van der Waals surface area (Å²) in [6.45, 7) is 6.73. The predicted molar refractivity (Wildman–Crippen MR) is 162 cm³/mol. The van der Waals surface area contributed by atoms with E-state index in [0.717, 1.165) is 16.8 Å². The number of ether oxygens (including phenoxy) is 1. The number of halogens is 2. The molecule has 1 saturated carbocycles. The van der Waals surface area contributed by atoms with Crippen molar-refractivity contribution in [3.8, 4) is 0 Å². The summed E-state index contributed by atoms with van der Waals surface area (Å²) >= 11 is 12.7. The van der Waals surface area contributed by atoms with Gasteiger partial charge in [0.1, 0.15) is 10.6 Å². The molecule has 1 N–H and O–H groups in total. The molecule has 2 aromatic carbocycles. The Bertz CT molecular complexity index is 1300. The van der Waals surface area contributed by atoms with Gasteiger partial charge >= 0.3 is 5.97 Å². The number of hydrogen-bond acceptors (Lipinski definition) is 5. The predicted octanol–water partition coefficient (Wildman–Crippen LogP) is 6.91. The largest absolute Gasteiger partial charge is 0.456 e. The van der Waals surface area contributed by atoms with Crippen molar-refractivity contribution in [1.29, 1.82) is 0 Å². The first kappa shape index (κ1) is 31.9. The third kappa shape index (κ3) is 9.48. The van der Waals surface area contributed by atoms with E-state index in [0.29, 0.717) is 36.1 Å². The average molecular weight is 588 g/mol. The molecule has 0 aliphatic heterocycles. The SMILES string of the molecule is CN(Cc1c(Cl)cc(Cl)c(=O)n1CCc1ccc(C(=O)OC(C)(C)C)cc1)C1CCCC1.OCc1ccccc1. The molecule has 3 aromatic rings. The average Bonchev–Trinajstić information content (AvgIpc) is 3.47. The Labute approximate surface area is 247 Å². The number of carbonyl (C=O) groups is 1. The zero-order valence-corrected chi connectivity index (χ0v) is 25.3. The molecule has 0 saturated heterocycles. The summed E-state index contributed by atoms with van der Waals surface area (Å²) in [7, 11) is 2.09. The molecule has 40 heavy (non-hydrogen) atoms. The Kier molecular flexibility index (Phi) is 11.8. The smallest absolute Gasteiger partial charge is 0.338 e. The lowest BCUT2D eigenvalue weighted by Crippen LogP contribution is -2.33. The maximum atomic E-state index is 12.8. The van der Waals surface area contributed by atoms with Gasteiger partial charge in [0, 0.05) is 19.1 Å². The molecule has 0 spiro atoms. The van der Waals surface area contributed by atoms with Gasteiger partial charge in [0.2, 0.25) is 0 Å². The number of hydrogen-bond donors (Lipinski definition) is 1. The second-order valence-electron chi connectivity index (χ2n) is 11.2. The molecular weight excluding hydrogens is 547 g/mol. The summed E-state index contributed by atoms with van der Waals surface area (Å²) in [5, 5.41) is 9.18. The summed E-state index contributed by atoms with van der Waals surface area (Å²) in [5.41, 5.74) is 2.51. The van der Waals surface area contributed by atoms with Crippen LogP contribution in [0.2, 0.25) is 10.0 Å². The highest BCUT2D eigenvalue weighted by Gasteiger charge is 2.22. The monoisotopic (exact) mass is 586 g/mol. The Balaban J connectivity index is 0.000000472. The maximum absolute atomic E-state index is 12.8. The van der Waals surface area contributed by atoms with Crippen LogP contribution in [0.5, 0.6) is 0 Å². The molecule has 6 nitrogen and oxygen atoms in total. The highest BCUT2D eigenvalue weighted by atomic mass is 35.5. The van der Waals surface area contributed by atoms with Crippen LogP contribution in [0.25, 0.3) is 0 Å². The quantitative estimate of drug-likeness (QED) is 0.290. The van der Waals surface area contributed by atoms with E-state index in [-0.39, 0.29) is 23.2 Å². The van der Waals surface area contributed by atoms with Crippen molar-refractivity contribution in [2.24, 2.45) is 0 Å². The van der Waals surface area contributed by atoms with Crippen LogP contribution in [0.1, 0.15) is 73.6 Å². The van der Waals surface area contributed by atoms with E-state index in [1.165, 1.54) is 25.7 Å². The third-order valence-electron chi connectivity index (χ3n) is 6.89. The zero-order chi connectivity index (χ0) is 29.3. The van der Waals surface area contributed by atoms with Crippen molar-refractivity contribution >= 4 is 29.2 Å². The fraction of sp³-hybridized carbons (Fsp3) is 0.438. The van der Waals surface area contributed by atoms with Crippen LogP contribution in [0.15, 0.2) is 65.5 Å². The second-order valence-corrected chi connectivity index (χ2v) is 12.0. The van der Waals surface area contributed by atoms with Crippen molar-refractivity contribution in [1.82, 2.24) is 9.47 Å². The normalized spacial score (nSPS) is 13.7. The van der Waals surface area contributed by atoms with Gasteiger partial charge in [0.15, 0.2) is 0 Å². The number of carbonyl (C=O) groups excluding carboxylic acids is 1. The molecule has 8 heteroatoms. The van der Waals surface area contributed by atoms with Crippen LogP contribution in [0.3, 0.4) is 0 Å². The fourth-order valence-corrected chi connectivity index (χ4v) is 5.25. The van der Waals surface area contributed by atoms with Crippen molar-refractivity contribution < 1.29 is 14.6 Å². The molecule has 1 aliphatic rings. The van der Waals surface area contributed by atoms with E-state index in [1.807, 2.05) is 63.2 Å². The fourth-order valence-electron chi connectivity index (χ4n) is 4.71. The Morgan fingerprint density at radius 1 is 1.00 bits per heavy atom. The van der Waals surface area contributed by atoms with Crippen molar-refractivity contribution in [3.05, 3.63) is 103 Å². The minimum absolute atomic E-state index is 0.127. The molecule has 0 radical (unpaired) electrons. The van der Waals surface area contributed by atoms with Gasteiger partial charge in [-0.2, -0.15) is 0 Å². The van der Waals surface area contributed by atoms with Crippen LogP contribution >= 0.6 is 23.2 Å². The van der Waals surface area contributed by atoms with Crippen molar-refractivity contribution in [2.75, 3.05) is 7.05 Å². The summed E-state index contributed by atoms with van der Waals surface area (Å²) in [6, 6.07) is 18.9. The van der Waals surface area contributed by atoms with Gasteiger partial charge in [-0.1, -0.05) is 78.5 Å².